The summed E-state index contributed by atoms with van der Waals surface area (Å²) in [6.45, 7) is 2.26. The van der Waals surface area contributed by atoms with Crippen LogP contribution in [-0.2, 0) is 6.42 Å². The Balaban J connectivity index is 2.10. The highest BCUT2D eigenvalue weighted by Gasteiger charge is 2.16. The molecular weight excluding hydrogens is 222 g/mol. The smallest absolute Gasteiger partial charge is 0.140 e. The molecule has 0 aliphatic carbocycles. The minimum absolute atomic E-state index is 0.717. The molecule has 0 amide bonds. The fraction of sp³-hybridized carbons (Fsp3) is 0.538. The van der Waals surface area contributed by atoms with Gasteiger partial charge in [-0.05, 0) is 49.9 Å². The van der Waals surface area contributed by atoms with Gasteiger partial charge in [0.05, 0.1) is 12.1 Å². The molecule has 1 fully saturated rings. The number of hydrogen-bond acceptors (Lipinski definition) is 2. The Hall–Kier alpha value is -0.730. The van der Waals surface area contributed by atoms with Crippen LogP contribution in [0.4, 0.5) is 0 Å². The summed E-state index contributed by atoms with van der Waals surface area (Å²) < 4.78 is 5.37. The first kappa shape index (κ1) is 11.7. The van der Waals surface area contributed by atoms with Gasteiger partial charge in [-0.2, -0.15) is 0 Å². The average Bonchev–Trinajstić information content (AvgIpc) is 2.31. The average molecular weight is 240 g/mol. The Labute approximate surface area is 102 Å². The van der Waals surface area contributed by atoms with Gasteiger partial charge in [0.2, 0.25) is 0 Å². The number of halogens is 1. The lowest BCUT2D eigenvalue weighted by molar-refractivity contribution is 0.361. The molecule has 1 heterocycles. The molecule has 2 nitrogen and oxygen atoms in total. The SMILES string of the molecule is COc1c(Cl)cccc1CC1CCNCC1. The number of piperidine rings is 1. The number of hydrogen-bond donors (Lipinski definition) is 1. The minimum Gasteiger partial charge on any atom is -0.495 e. The quantitative estimate of drug-likeness (QED) is 0.876. The summed E-state index contributed by atoms with van der Waals surface area (Å²) >= 11 is 6.11. The van der Waals surface area contributed by atoms with E-state index in [0.717, 1.165) is 31.2 Å². The van der Waals surface area contributed by atoms with E-state index in [4.69, 9.17) is 16.3 Å². The maximum atomic E-state index is 6.11. The van der Waals surface area contributed by atoms with E-state index in [1.54, 1.807) is 7.11 Å². The molecule has 0 aromatic heterocycles. The van der Waals surface area contributed by atoms with E-state index in [2.05, 4.69) is 11.4 Å². The van der Waals surface area contributed by atoms with Gasteiger partial charge in [-0.3, -0.25) is 0 Å². The second kappa shape index (κ2) is 5.55. The van der Waals surface area contributed by atoms with E-state index in [1.165, 1.54) is 18.4 Å². The van der Waals surface area contributed by atoms with Crippen LogP contribution in [0.25, 0.3) is 0 Å². The van der Waals surface area contributed by atoms with Gasteiger partial charge in [0.15, 0.2) is 0 Å². The largest absolute Gasteiger partial charge is 0.495 e. The molecule has 1 N–H and O–H groups in total. The lowest BCUT2D eigenvalue weighted by Crippen LogP contribution is -2.28. The third-order valence-electron chi connectivity index (χ3n) is 3.22. The molecule has 88 valence electrons. The summed E-state index contributed by atoms with van der Waals surface area (Å²) in [6.07, 6.45) is 3.57. The van der Waals surface area contributed by atoms with E-state index in [0.29, 0.717) is 5.02 Å². The van der Waals surface area contributed by atoms with E-state index < -0.39 is 0 Å². The van der Waals surface area contributed by atoms with Gasteiger partial charge >= 0.3 is 0 Å². The monoisotopic (exact) mass is 239 g/mol. The molecule has 1 aliphatic heterocycles. The van der Waals surface area contributed by atoms with Crippen molar-refractivity contribution in [2.24, 2.45) is 5.92 Å². The van der Waals surface area contributed by atoms with Gasteiger partial charge in [-0.1, -0.05) is 23.7 Å². The predicted octanol–water partition coefficient (Wildman–Crippen LogP) is 2.89. The molecule has 16 heavy (non-hydrogen) atoms. The van der Waals surface area contributed by atoms with Crippen molar-refractivity contribution in [3.63, 3.8) is 0 Å². The predicted molar refractivity (Wildman–Crippen MR) is 67.3 cm³/mol. The maximum Gasteiger partial charge on any atom is 0.140 e. The van der Waals surface area contributed by atoms with Crippen LogP contribution in [0.1, 0.15) is 18.4 Å². The first-order valence-electron chi connectivity index (χ1n) is 5.83. The summed E-state index contributed by atoms with van der Waals surface area (Å²) in [5.74, 6) is 1.61. The maximum absolute atomic E-state index is 6.11. The fourth-order valence-corrected chi connectivity index (χ4v) is 2.61. The highest BCUT2D eigenvalue weighted by atomic mass is 35.5. The highest BCUT2D eigenvalue weighted by Crippen LogP contribution is 2.31. The summed E-state index contributed by atoms with van der Waals surface area (Å²) in [5.41, 5.74) is 1.24. The van der Waals surface area contributed by atoms with Crippen molar-refractivity contribution < 1.29 is 4.74 Å². The van der Waals surface area contributed by atoms with E-state index in [1.807, 2.05) is 12.1 Å². The van der Waals surface area contributed by atoms with Gasteiger partial charge in [0.1, 0.15) is 5.75 Å². The molecule has 0 bridgehead atoms. The molecule has 0 saturated carbocycles. The van der Waals surface area contributed by atoms with Crippen molar-refractivity contribution in [2.75, 3.05) is 20.2 Å². The van der Waals surface area contributed by atoms with E-state index in [-0.39, 0.29) is 0 Å². The van der Waals surface area contributed by atoms with Crippen LogP contribution in [0.3, 0.4) is 0 Å². The van der Waals surface area contributed by atoms with Crippen molar-refractivity contribution in [3.05, 3.63) is 28.8 Å². The Morgan fingerprint density at radius 1 is 1.38 bits per heavy atom. The number of rotatable bonds is 3. The molecule has 1 aliphatic rings. The standard InChI is InChI=1S/C13H18ClNO/c1-16-13-11(3-2-4-12(13)14)9-10-5-7-15-8-6-10/h2-4,10,15H,5-9H2,1H3. The van der Waals surface area contributed by atoms with Crippen molar-refractivity contribution in [1.82, 2.24) is 5.32 Å². The molecule has 3 heteroatoms. The molecule has 1 aromatic carbocycles. The van der Waals surface area contributed by atoms with Crippen LogP contribution in [0, 0.1) is 5.92 Å². The van der Waals surface area contributed by atoms with Crippen LogP contribution in [0.2, 0.25) is 5.02 Å². The van der Waals surface area contributed by atoms with Crippen LogP contribution in [0.5, 0.6) is 5.75 Å². The normalized spacial score (nSPS) is 17.4. The Kier molecular flexibility index (Phi) is 4.08. The Bertz CT molecular complexity index is 348. The topological polar surface area (TPSA) is 21.3 Å². The first-order valence-corrected chi connectivity index (χ1v) is 6.21. The second-order valence-corrected chi connectivity index (χ2v) is 4.74. The molecule has 0 radical (unpaired) electrons. The van der Waals surface area contributed by atoms with Gasteiger partial charge in [-0.15, -0.1) is 0 Å². The summed E-state index contributed by atoms with van der Waals surface area (Å²) in [6, 6.07) is 6.00. The van der Waals surface area contributed by atoms with Crippen molar-refractivity contribution in [2.45, 2.75) is 19.3 Å². The van der Waals surface area contributed by atoms with Crippen LogP contribution < -0.4 is 10.1 Å². The van der Waals surface area contributed by atoms with Gasteiger partial charge < -0.3 is 10.1 Å². The van der Waals surface area contributed by atoms with Crippen molar-refractivity contribution in [1.29, 1.82) is 0 Å². The zero-order valence-electron chi connectivity index (χ0n) is 9.63. The lowest BCUT2D eigenvalue weighted by atomic mass is 9.90. The van der Waals surface area contributed by atoms with Gasteiger partial charge in [0.25, 0.3) is 0 Å². The van der Waals surface area contributed by atoms with Crippen LogP contribution >= 0.6 is 11.6 Å². The van der Waals surface area contributed by atoms with Crippen LogP contribution in [0.15, 0.2) is 18.2 Å². The Morgan fingerprint density at radius 3 is 2.81 bits per heavy atom. The minimum atomic E-state index is 0.717. The molecule has 0 unspecified atom stereocenters. The molecule has 2 rings (SSSR count). The summed E-state index contributed by atoms with van der Waals surface area (Å²) in [7, 11) is 1.69. The number of methoxy groups -OCH3 is 1. The number of para-hydroxylation sites is 1. The number of ether oxygens (including phenoxy) is 1. The Morgan fingerprint density at radius 2 is 2.12 bits per heavy atom. The fourth-order valence-electron chi connectivity index (χ4n) is 2.34. The third kappa shape index (κ3) is 2.69. The highest BCUT2D eigenvalue weighted by molar-refractivity contribution is 6.32. The zero-order valence-corrected chi connectivity index (χ0v) is 10.4. The van der Waals surface area contributed by atoms with Crippen LogP contribution in [-0.4, -0.2) is 20.2 Å². The molecule has 0 spiro atoms. The van der Waals surface area contributed by atoms with Crippen molar-refractivity contribution in [3.8, 4) is 5.75 Å². The molecule has 1 aromatic rings. The van der Waals surface area contributed by atoms with E-state index >= 15 is 0 Å². The molecule has 1 saturated heterocycles. The van der Waals surface area contributed by atoms with E-state index in [9.17, 15) is 0 Å². The van der Waals surface area contributed by atoms with Gasteiger partial charge in [-0.25, -0.2) is 0 Å². The zero-order chi connectivity index (χ0) is 11.4. The summed E-state index contributed by atoms with van der Waals surface area (Å²) in [5, 5.41) is 4.10. The van der Waals surface area contributed by atoms with Crippen molar-refractivity contribution >= 4 is 11.6 Å². The molecule has 0 atom stereocenters. The lowest BCUT2D eigenvalue weighted by Gasteiger charge is -2.23. The first-order chi connectivity index (χ1) is 7.81. The summed E-state index contributed by atoms with van der Waals surface area (Å²) in [4.78, 5) is 0. The second-order valence-electron chi connectivity index (χ2n) is 4.33. The van der Waals surface area contributed by atoms with Gasteiger partial charge in [0, 0.05) is 0 Å². The number of benzene rings is 1. The molecular formula is C13H18ClNO. The third-order valence-corrected chi connectivity index (χ3v) is 3.52. The number of nitrogens with one attached hydrogen (secondary N) is 1.